The molecule has 9 nitrogen and oxygen atoms in total. The van der Waals surface area contributed by atoms with Crippen LogP contribution in [0.2, 0.25) is 0 Å². The van der Waals surface area contributed by atoms with E-state index >= 15 is 0 Å². The highest BCUT2D eigenvalue weighted by Gasteiger charge is 2.26. The minimum Gasteiger partial charge on any atom is -0.459 e. The average Bonchev–Trinajstić information content (AvgIpc) is 3.40. The van der Waals surface area contributed by atoms with Crippen molar-refractivity contribution in [3.8, 4) is 11.4 Å². The zero-order valence-corrected chi connectivity index (χ0v) is 14.9. The summed E-state index contributed by atoms with van der Waals surface area (Å²) in [5.41, 5.74) is 0.490. The number of carbonyl (C=O) groups is 2. The molecule has 28 heavy (non-hydrogen) atoms. The van der Waals surface area contributed by atoms with Crippen molar-refractivity contribution in [3.63, 3.8) is 0 Å². The Morgan fingerprint density at radius 1 is 1.07 bits per heavy atom. The molecule has 144 valence electrons. The Morgan fingerprint density at radius 2 is 1.86 bits per heavy atom. The first-order chi connectivity index (χ1) is 13.6. The third kappa shape index (κ3) is 3.75. The van der Waals surface area contributed by atoms with E-state index in [1.807, 2.05) is 0 Å². The van der Waals surface area contributed by atoms with E-state index in [4.69, 9.17) is 4.42 Å². The summed E-state index contributed by atoms with van der Waals surface area (Å²) in [6, 6.07) is 9.14. The Kier molecular flexibility index (Phi) is 4.83. The van der Waals surface area contributed by atoms with Gasteiger partial charge in [0.1, 0.15) is 12.4 Å². The highest BCUT2D eigenvalue weighted by Crippen LogP contribution is 2.14. The number of rotatable bonds is 4. The van der Waals surface area contributed by atoms with Crippen molar-refractivity contribution in [2.24, 2.45) is 0 Å². The second-order valence-corrected chi connectivity index (χ2v) is 6.30. The van der Waals surface area contributed by atoms with Crippen molar-refractivity contribution in [3.05, 3.63) is 54.2 Å². The average molecular weight is 384 g/mol. The van der Waals surface area contributed by atoms with E-state index in [0.717, 1.165) is 0 Å². The van der Waals surface area contributed by atoms with Gasteiger partial charge in [0, 0.05) is 31.7 Å². The molecular formula is C18H17FN6O3. The fourth-order valence-electron chi connectivity index (χ4n) is 2.99. The maximum atomic E-state index is 13.3. The van der Waals surface area contributed by atoms with Gasteiger partial charge in [0.2, 0.25) is 11.7 Å². The van der Waals surface area contributed by atoms with Gasteiger partial charge in [-0.2, -0.15) is 4.80 Å². The monoisotopic (exact) mass is 384 g/mol. The molecular weight excluding hydrogens is 367 g/mol. The maximum absolute atomic E-state index is 13.3. The molecule has 2 amide bonds. The number of hydrogen-bond donors (Lipinski definition) is 0. The fraction of sp³-hybridized carbons (Fsp3) is 0.278. The van der Waals surface area contributed by atoms with Crippen LogP contribution in [-0.2, 0) is 11.3 Å². The lowest BCUT2D eigenvalue weighted by Crippen LogP contribution is -2.51. The van der Waals surface area contributed by atoms with Crippen molar-refractivity contribution in [1.29, 1.82) is 0 Å². The minimum atomic E-state index is -0.396. The number of nitrogens with zero attached hydrogens (tertiary/aromatic N) is 6. The van der Waals surface area contributed by atoms with E-state index in [-0.39, 0.29) is 29.9 Å². The summed E-state index contributed by atoms with van der Waals surface area (Å²) in [6.45, 7) is 1.59. The molecule has 0 aliphatic carbocycles. The Hall–Kier alpha value is -3.56. The molecule has 1 aromatic carbocycles. The standard InChI is InChI=1S/C18H17FN6O3/c19-14-4-1-3-13(11-14)17-20-22-25(21-17)12-16(26)23-6-8-24(9-7-23)18(27)15-5-2-10-28-15/h1-5,10-11H,6-9,12H2. The Morgan fingerprint density at radius 3 is 2.57 bits per heavy atom. The highest BCUT2D eigenvalue weighted by molar-refractivity contribution is 5.91. The van der Waals surface area contributed by atoms with Gasteiger partial charge in [0.05, 0.1) is 6.26 Å². The predicted molar refractivity (Wildman–Crippen MR) is 94.4 cm³/mol. The number of piperazine rings is 1. The molecule has 0 spiro atoms. The summed E-state index contributed by atoms with van der Waals surface area (Å²) < 4.78 is 18.4. The first kappa shape index (κ1) is 17.8. The van der Waals surface area contributed by atoms with Crippen LogP contribution in [0.3, 0.4) is 0 Å². The second kappa shape index (κ2) is 7.59. The fourth-order valence-corrected chi connectivity index (χ4v) is 2.99. The summed E-state index contributed by atoms with van der Waals surface area (Å²) in [4.78, 5) is 29.2. The second-order valence-electron chi connectivity index (χ2n) is 6.30. The maximum Gasteiger partial charge on any atom is 0.289 e. The van der Waals surface area contributed by atoms with Gasteiger partial charge >= 0.3 is 0 Å². The molecule has 2 aromatic heterocycles. The molecule has 0 unspecified atom stereocenters. The van der Waals surface area contributed by atoms with Crippen molar-refractivity contribution in [2.45, 2.75) is 6.54 Å². The molecule has 1 fully saturated rings. The summed E-state index contributed by atoms with van der Waals surface area (Å²) in [7, 11) is 0. The van der Waals surface area contributed by atoms with Crippen molar-refractivity contribution >= 4 is 11.8 Å². The zero-order valence-electron chi connectivity index (χ0n) is 14.9. The SMILES string of the molecule is O=C(Cn1nnc(-c2cccc(F)c2)n1)N1CCN(C(=O)c2ccco2)CC1. The smallest absolute Gasteiger partial charge is 0.289 e. The van der Waals surface area contributed by atoms with Crippen LogP contribution in [0.15, 0.2) is 47.1 Å². The van der Waals surface area contributed by atoms with E-state index in [1.165, 1.54) is 23.2 Å². The number of tetrazole rings is 1. The minimum absolute atomic E-state index is 0.0750. The number of amides is 2. The van der Waals surface area contributed by atoms with Crippen LogP contribution in [0.5, 0.6) is 0 Å². The summed E-state index contributed by atoms with van der Waals surface area (Å²) in [5.74, 6) is -0.215. The Labute approximate surface area is 159 Å². The first-order valence-corrected chi connectivity index (χ1v) is 8.74. The van der Waals surface area contributed by atoms with E-state index in [1.54, 1.807) is 34.1 Å². The number of carbonyl (C=O) groups excluding carboxylic acids is 2. The molecule has 3 heterocycles. The summed E-state index contributed by atoms with van der Waals surface area (Å²) >= 11 is 0. The zero-order chi connectivity index (χ0) is 19.5. The van der Waals surface area contributed by atoms with Crippen LogP contribution in [0.25, 0.3) is 11.4 Å². The molecule has 0 radical (unpaired) electrons. The predicted octanol–water partition coefficient (Wildman–Crippen LogP) is 1.06. The van der Waals surface area contributed by atoms with Crippen molar-refractivity contribution in [2.75, 3.05) is 26.2 Å². The third-order valence-electron chi connectivity index (χ3n) is 4.46. The van der Waals surface area contributed by atoms with Gasteiger partial charge in [-0.25, -0.2) is 4.39 Å². The van der Waals surface area contributed by atoms with Gasteiger partial charge in [0.25, 0.3) is 5.91 Å². The largest absolute Gasteiger partial charge is 0.459 e. The molecule has 0 atom stereocenters. The molecule has 10 heteroatoms. The van der Waals surface area contributed by atoms with Crippen molar-refractivity contribution < 1.29 is 18.4 Å². The quantitative estimate of drug-likeness (QED) is 0.667. The van der Waals surface area contributed by atoms with Gasteiger partial charge < -0.3 is 14.2 Å². The van der Waals surface area contributed by atoms with Crippen LogP contribution < -0.4 is 0 Å². The number of aromatic nitrogens is 4. The Balaban J connectivity index is 1.33. The lowest BCUT2D eigenvalue weighted by atomic mass is 10.2. The lowest BCUT2D eigenvalue weighted by molar-refractivity contribution is -0.133. The van der Waals surface area contributed by atoms with E-state index in [9.17, 15) is 14.0 Å². The van der Waals surface area contributed by atoms with E-state index < -0.39 is 5.82 Å². The topological polar surface area (TPSA) is 97.4 Å². The molecule has 0 bridgehead atoms. The van der Waals surface area contributed by atoms with Gasteiger partial charge in [0.15, 0.2) is 5.76 Å². The molecule has 1 saturated heterocycles. The van der Waals surface area contributed by atoms with Gasteiger partial charge in [-0.05, 0) is 29.5 Å². The van der Waals surface area contributed by atoms with Crippen LogP contribution in [0.1, 0.15) is 10.6 Å². The molecule has 1 aliphatic heterocycles. The Bertz CT molecular complexity index is 979. The van der Waals surface area contributed by atoms with E-state index in [0.29, 0.717) is 31.7 Å². The first-order valence-electron chi connectivity index (χ1n) is 8.74. The third-order valence-corrected chi connectivity index (χ3v) is 4.46. The van der Waals surface area contributed by atoms with E-state index in [2.05, 4.69) is 15.4 Å². The van der Waals surface area contributed by atoms with Gasteiger partial charge in [-0.15, -0.1) is 10.2 Å². The number of halogens is 1. The number of hydrogen-bond acceptors (Lipinski definition) is 6. The number of furan rings is 1. The van der Waals surface area contributed by atoms with Crippen LogP contribution in [0.4, 0.5) is 4.39 Å². The van der Waals surface area contributed by atoms with Crippen LogP contribution >= 0.6 is 0 Å². The van der Waals surface area contributed by atoms with Crippen LogP contribution in [0, 0.1) is 5.82 Å². The molecule has 0 saturated carbocycles. The molecule has 1 aliphatic rings. The highest BCUT2D eigenvalue weighted by atomic mass is 19.1. The lowest BCUT2D eigenvalue weighted by Gasteiger charge is -2.34. The molecule has 4 rings (SSSR count). The van der Waals surface area contributed by atoms with Gasteiger partial charge in [-0.3, -0.25) is 9.59 Å². The summed E-state index contributed by atoms with van der Waals surface area (Å²) in [6.07, 6.45) is 1.45. The van der Waals surface area contributed by atoms with Gasteiger partial charge in [-0.1, -0.05) is 12.1 Å². The van der Waals surface area contributed by atoms with Crippen LogP contribution in [-0.4, -0.2) is 68.0 Å². The van der Waals surface area contributed by atoms with Crippen molar-refractivity contribution in [1.82, 2.24) is 30.0 Å². The normalized spacial score (nSPS) is 14.3. The number of benzene rings is 1. The molecule has 3 aromatic rings. The molecule has 0 N–H and O–H groups in total. The summed E-state index contributed by atoms with van der Waals surface area (Å²) in [5, 5.41) is 11.9.